The summed E-state index contributed by atoms with van der Waals surface area (Å²) in [6.07, 6.45) is 3.29. The van der Waals surface area contributed by atoms with Crippen LogP contribution in [0.2, 0.25) is 0 Å². The van der Waals surface area contributed by atoms with Crippen molar-refractivity contribution < 1.29 is 14.3 Å². The number of ether oxygens (including phenoxy) is 2. The summed E-state index contributed by atoms with van der Waals surface area (Å²) in [5.74, 6) is -0.384. The van der Waals surface area contributed by atoms with E-state index in [0.717, 1.165) is 6.54 Å². The standard InChI is InChI=1S/C12H21N3O3/c1-4-18-12(16)11-9-15(10-13-11)6-8-17-7-5-14(2)3/h9-10H,4-8H2,1-3H3. The second-order valence-corrected chi connectivity index (χ2v) is 4.13. The lowest BCUT2D eigenvalue weighted by Crippen LogP contribution is -2.19. The van der Waals surface area contributed by atoms with E-state index in [2.05, 4.69) is 9.88 Å². The third kappa shape index (κ3) is 5.29. The minimum atomic E-state index is -0.384. The summed E-state index contributed by atoms with van der Waals surface area (Å²) in [5, 5.41) is 0. The van der Waals surface area contributed by atoms with Crippen LogP contribution in [-0.4, -0.2) is 60.9 Å². The van der Waals surface area contributed by atoms with Gasteiger partial charge in [0.05, 0.1) is 26.1 Å². The minimum Gasteiger partial charge on any atom is -0.461 e. The Morgan fingerprint density at radius 1 is 1.44 bits per heavy atom. The van der Waals surface area contributed by atoms with Gasteiger partial charge in [-0.05, 0) is 21.0 Å². The summed E-state index contributed by atoms with van der Waals surface area (Å²) in [6, 6.07) is 0. The van der Waals surface area contributed by atoms with E-state index < -0.39 is 0 Å². The first-order chi connectivity index (χ1) is 8.63. The first-order valence-electron chi connectivity index (χ1n) is 6.05. The summed E-state index contributed by atoms with van der Waals surface area (Å²) in [4.78, 5) is 17.4. The van der Waals surface area contributed by atoms with Gasteiger partial charge in [0, 0.05) is 19.3 Å². The van der Waals surface area contributed by atoms with Crippen molar-refractivity contribution in [2.45, 2.75) is 13.5 Å². The van der Waals surface area contributed by atoms with Gasteiger partial charge in [-0.15, -0.1) is 0 Å². The molecule has 0 saturated carbocycles. The summed E-state index contributed by atoms with van der Waals surface area (Å²) in [7, 11) is 4.01. The van der Waals surface area contributed by atoms with Gasteiger partial charge in [0.2, 0.25) is 0 Å². The van der Waals surface area contributed by atoms with E-state index >= 15 is 0 Å². The molecule has 0 atom stereocenters. The van der Waals surface area contributed by atoms with Crippen LogP contribution in [0.15, 0.2) is 12.5 Å². The molecule has 102 valence electrons. The number of carbonyl (C=O) groups is 1. The number of aromatic nitrogens is 2. The highest BCUT2D eigenvalue weighted by molar-refractivity contribution is 5.86. The Bertz CT molecular complexity index is 363. The molecule has 0 amide bonds. The Kier molecular flexibility index (Phi) is 6.38. The number of nitrogens with zero attached hydrogens (tertiary/aromatic N) is 3. The number of hydrogen-bond donors (Lipinski definition) is 0. The van der Waals surface area contributed by atoms with Crippen molar-refractivity contribution in [1.29, 1.82) is 0 Å². The van der Waals surface area contributed by atoms with Gasteiger partial charge in [-0.25, -0.2) is 9.78 Å². The third-order valence-electron chi connectivity index (χ3n) is 2.29. The van der Waals surface area contributed by atoms with Crippen LogP contribution >= 0.6 is 0 Å². The maximum absolute atomic E-state index is 11.4. The van der Waals surface area contributed by atoms with Gasteiger partial charge in [-0.2, -0.15) is 0 Å². The van der Waals surface area contributed by atoms with Gasteiger partial charge in [-0.3, -0.25) is 0 Å². The van der Waals surface area contributed by atoms with Gasteiger partial charge in [0.25, 0.3) is 0 Å². The fraction of sp³-hybridized carbons (Fsp3) is 0.667. The quantitative estimate of drug-likeness (QED) is 0.504. The number of esters is 1. The van der Waals surface area contributed by atoms with E-state index in [1.54, 1.807) is 19.4 Å². The smallest absolute Gasteiger partial charge is 0.358 e. The predicted molar refractivity (Wildman–Crippen MR) is 67.6 cm³/mol. The predicted octanol–water partition coefficient (Wildman–Crippen LogP) is 0.638. The van der Waals surface area contributed by atoms with Gasteiger partial charge < -0.3 is 18.9 Å². The SMILES string of the molecule is CCOC(=O)c1cn(CCOCCN(C)C)cn1. The average molecular weight is 255 g/mol. The molecule has 0 radical (unpaired) electrons. The third-order valence-corrected chi connectivity index (χ3v) is 2.29. The summed E-state index contributed by atoms with van der Waals surface area (Å²) in [6.45, 7) is 5.02. The fourth-order valence-corrected chi connectivity index (χ4v) is 1.31. The highest BCUT2D eigenvalue weighted by Crippen LogP contribution is 1.99. The van der Waals surface area contributed by atoms with Crippen molar-refractivity contribution in [1.82, 2.24) is 14.5 Å². The van der Waals surface area contributed by atoms with Crippen LogP contribution in [-0.2, 0) is 16.0 Å². The number of carbonyl (C=O) groups excluding carboxylic acids is 1. The second-order valence-electron chi connectivity index (χ2n) is 4.13. The number of hydrogen-bond acceptors (Lipinski definition) is 5. The molecule has 0 aliphatic carbocycles. The molecule has 6 heteroatoms. The van der Waals surface area contributed by atoms with Crippen LogP contribution in [0, 0.1) is 0 Å². The summed E-state index contributed by atoms with van der Waals surface area (Å²) in [5.41, 5.74) is 0.338. The molecule has 0 saturated heterocycles. The van der Waals surface area contributed by atoms with E-state index in [-0.39, 0.29) is 5.97 Å². The largest absolute Gasteiger partial charge is 0.461 e. The molecule has 0 fully saturated rings. The van der Waals surface area contributed by atoms with Gasteiger partial charge in [0.1, 0.15) is 0 Å². The zero-order valence-corrected chi connectivity index (χ0v) is 11.3. The Morgan fingerprint density at radius 2 is 2.22 bits per heavy atom. The maximum Gasteiger partial charge on any atom is 0.358 e. The molecule has 0 aliphatic rings. The number of imidazole rings is 1. The fourth-order valence-electron chi connectivity index (χ4n) is 1.31. The van der Waals surface area contributed by atoms with Crippen molar-refractivity contribution in [3.63, 3.8) is 0 Å². The summed E-state index contributed by atoms with van der Waals surface area (Å²) < 4.78 is 12.1. The Labute approximate surface area is 108 Å². The molecule has 0 bridgehead atoms. The van der Waals surface area contributed by atoms with Gasteiger partial charge >= 0.3 is 5.97 Å². The minimum absolute atomic E-state index is 0.338. The van der Waals surface area contributed by atoms with E-state index in [9.17, 15) is 4.79 Å². The normalized spacial score (nSPS) is 10.9. The molecule has 1 heterocycles. The van der Waals surface area contributed by atoms with E-state index in [1.165, 1.54) is 0 Å². The zero-order chi connectivity index (χ0) is 13.4. The van der Waals surface area contributed by atoms with Crippen molar-refractivity contribution in [2.24, 2.45) is 0 Å². The highest BCUT2D eigenvalue weighted by atomic mass is 16.5. The molecular weight excluding hydrogens is 234 g/mol. The summed E-state index contributed by atoms with van der Waals surface area (Å²) >= 11 is 0. The van der Waals surface area contributed by atoms with Crippen molar-refractivity contribution >= 4 is 5.97 Å². The van der Waals surface area contributed by atoms with E-state index in [4.69, 9.17) is 9.47 Å². The molecular formula is C12H21N3O3. The Morgan fingerprint density at radius 3 is 2.89 bits per heavy atom. The average Bonchev–Trinajstić information content (AvgIpc) is 2.77. The molecule has 1 aromatic rings. The topological polar surface area (TPSA) is 56.6 Å². The Hall–Kier alpha value is -1.40. The molecule has 0 aliphatic heterocycles. The van der Waals surface area contributed by atoms with Crippen LogP contribution in [0.4, 0.5) is 0 Å². The molecule has 0 spiro atoms. The zero-order valence-electron chi connectivity index (χ0n) is 11.3. The van der Waals surface area contributed by atoms with Crippen LogP contribution < -0.4 is 0 Å². The lowest BCUT2D eigenvalue weighted by molar-refractivity contribution is 0.0519. The van der Waals surface area contributed by atoms with E-state index in [1.807, 2.05) is 18.7 Å². The maximum atomic E-state index is 11.4. The molecule has 6 nitrogen and oxygen atoms in total. The molecule has 0 aromatic carbocycles. The first kappa shape index (κ1) is 14.7. The first-order valence-corrected chi connectivity index (χ1v) is 6.05. The molecule has 0 N–H and O–H groups in total. The van der Waals surface area contributed by atoms with Crippen LogP contribution in [0.25, 0.3) is 0 Å². The second kappa shape index (κ2) is 7.84. The van der Waals surface area contributed by atoms with Gasteiger partial charge in [0.15, 0.2) is 5.69 Å². The van der Waals surface area contributed by atoms with Crippen molar-refractivity contribution in [3.8, 4) is 0 Å². The van der Waals surface area contributed by atoms with Crippen LogP contribution in [0.1, 0.15) is 17.4 Å². The highest BCUT2D eigenvalue weighted by Gasteiger charge is 2.09. The molecule has 0 unspecified atom stereocenters. The van der Waals surface area contributed by atoms with Gasteiger partial charge in [-0.1, -0.05) is 0 Å². The Balaban J connectivity index is 2.25. The molecule has 18 heavy (non-hydrogen) atoms. The number of likely N-dealkylation sites (N-methyl/N-ethyl adjacent to an activating group) is 1. The molecule has 1 rings (SSSR count). The van der Waals surface area contributed by atoms with Crippen molar-refractivity contribution in [2.75, 3.05) is 40.5 Å². The van der Waals surface area contributed by atoms with Crippen LogP contribution in [0.5, 0.6) is 0 Å². The van der Waals surface area contributed by atoms with Crippen molar-refractivity contribution in [3.05, 3.63) is 18.2 Å². The van der Waals surface area contributed by atoms with E-state index in [0.29, 0.717) is 32.1 Å². The van der Waals surface area contributed by atoms with Crippen LogP contribution in [0.3, 0.4) is 0 Å². The lowest BCUT2D eigenvalue weighted by atomic mass is 10.5. The monoisotopic (exact) mass is 255 g/mol. The molecule has 1 aromatic heterocycles. The number of rotatable bonds is 8. The lowest BCUT2D eigenvalue weighted by Gasteiger charge is -2.09.